The zero-order valence-corrected chi connectivity index (χ0v) is 15.9. The SMILES string of the molecule is CCc1ccc(OCC(=O)N[C@H](C)c2ccc(C(C)(C)C)cc2)cc1. The summed E-state index contributed by atoms with van der Waals surface area (Å²) in [4.78, 5) is 12.1. The summed E-state index contributed by atoms with van der Waals surface area (Å²) in [5.41, 5.74) is 3.76. The van der Waals surface area contributed by atoms with Gasteiger partial charge in [-0.1, -0.05) is 64.1 Å². The molecular weight excluding hydrogens is 310 g/mol. The number of hydrogen-bond donors (Lipinski definition) is 1. The maximum Gasteiger partial charge on any atom is 0.258 e. The van der Waals surface area contributed by atoms with Crippen molar-refractivity contribution in [2.75, 3.05) is 6.61 Å². The minimum Gasteiger partial charge on any atom is -0.484 e. The minimum atomic E-state index is -0.119. The van der Waals surface area contributed by atoms with Crippen LogP contribution in [0.5, 0.6) is 5.75 Å². The van der Waals surface area contributed by atoms with Crippen molar-refractivity contribution in [2.24, 2.45) is 0 Å². The van der Waals surface area contributed by atoms with Gasteiger partial charge in [0, 0.05) is 0 Å². The number of aryl methyl sites for hydroxylation is 1. The van der Waals surface area contributed by atoms with E-state index < -0.39 is 0 Å². The topological polar surface area (TPSA) is 38.3 Å². The van der Waals surface area contributed by atoms with E-state index in [1.54, 1.807) is 0 Å². The molecule has 1 N–H and O–H groups in total. The predicted octanol–water partition coefficient (Wildman–Crippen LogP) is 4.80. The third-order valence-electron chi connectivity index (χ3n) is 4.36. The average Bonchev–Trinajstić information content (AvgIpc) is 2.59. The Labute approximate surface area is 151 Å². The highest BCUT2D eigenvalue weighted by atomic mass is 16.5. The molecule has 0 spiro atoms. The quantitative estimate of drug-likeness (QED) is 0.821. The molecule has 1 atom stereocenters. The third kappa shape index (κ3) is 5.63. The smallest absolute Gasteiger partial charge is 0.258 e. The normalized spacial score (nSPS) is 12.5. The summed E-state index contributed by atoms with van der Waals surface area (Å²) in [6, 6.07) is 16.2. The fourth-order valence-corrected chi connectivity index (χ4v) is 2.61. The maximum absolute atomic E-state index is 12.1. The first kappa shape index (κ1) is 19.0. The van der Waals surface area contributed by atoms with Crippen LogP contribution in [0.4, 0.5) is 0 Å². The largest absolute Gasteiger partial charge is 0.484 e. The van der Waals surface area contributed by atoms with E-state index in [-0.39, 0.29) is 24.0 Å². The highest BCUT2D eigenvalue weighted by Crippen LogP contribution is 2.23. The molecule has 0 aliphatic rings. The van der Waals surface area contributed by atoms with Gasteiger partial charge in [-0.3, -0.25) is 4.79 Å². The molecule has 0 radical (unpaired) electrons. The Bertz CT molecular complexity index is 681. The Hall–Kier alpha value is -2.29. The van der Waals surface area contributed by atoms with Crippen molar-refractivity contribution in [3.8, 4) is 5.75 Å². The van der Waals surface area contributed by atoms with Gasteiger partial charge in [-0.25, -0.2) is 0 Å². The van der Waals surface area contributed by atoms with E-state index in [0.29, 0.717) is 0 Å². The lowest BCUT2D eigenvalue weighted by Gasteiger charge is -2.20. The van der Waals surface area contributed by atoms with Crippen molar-refractivity contribution < 1.29 is 9.53 Å². The van der Waals surface area contributed by atoms with Crippen molar-refractivity contribution >= 4 is 5.91 Å². The molecular formula is C22H29NO2. The lowest BCUT2D eigenvalue weighted by Crippen LogP contribution is -2.31. The summed E-state index contributed by atoms with van der Waals surface area (Å²) < 4.78 is 5.56. The number of rotatable bonds is 6. The molecule has 0 bridgehead atoms. The molecule has 134 valence electrons. The summed E-state index contributed by atoms with van der Waals surface area (Å²) in [5, 5.41) is 2.98. The Morgan fingerprint density at radius 1 is 1.04 bits per heavy atom. The second-order valence-electron chi connectivity index (χ2n) is 7.45. The van der Waals surface area contributed by atoms with Crippen LogP contribution in [-0.4, -0.2) is 12.5 Å². The molecule has 0 saturated heterocycles. The second kappa shape index (κ2) is 8.19. The van der Waals surface area contributed by atoms with Crippen LogP contribution >= 0.6 is 0 Å². The predicted molar refractivity (Wildman–Crippen MR) is 103 cm³/mol. The first-order valence-corrected chi connectivity index (χ1v) is 8.91. The Balaban J connectivity index is 1.86. The molecule has 2 aromatic carbocycles. The van der Waals surface area contributed by atoms with Gasteiger partial charge in [-0.15, -0.1) is 0 Å². The molecule has 3 nitrogen and oxygen atoms in total. The van der Waals surface area contributed by atoms with E-state index >= 15 is 0 Å². The number of benzene rings is 2. The first-order valence-electron chi connectivity index (χ1n) is 8.91. The molecule has 3 heteroatoms. The van der Waals surface area contributed by atoms with Crippen molar-refractivity contribution in [3.05, 3.63) is 65.2 Å². The van der Waals surface area contributed by atoms with Crippen LogP contribution in [0.25, 0.3) is 0 Å². The van der Waals surface area contributed by atoms with E-state index in [4.69, 9.17) is 4.74 Å². The zero-order valence-electron chi connectivity index (χ0n) is 15.9. The van der Waals surface area contributed by atoms with E-state index in [1.165, 1.54) is 11.1 Å². The second-order valence-corrected chi connectivity index (χ2v) is 7.45. The Morgan fingerprint density at radius 3 is 2.16 bits per heavy atom. The molecule has 25 heavy (non-hydrogen) atoms. The van der Waals surface area contributed by atoms with Gasteiger partial charge in [-0.2, -0.15) is 0 Å². The molecule has 2 aromatic rings. The van der Waals surface area contributed by atoms with Crippen LogP contribution < -0.4 is 10.1 Å². The van der Waals surface area contributed by atoms with E-state index in [1.807, 2.05) is 31.2 Å². The molecule has 0 saturated carbocycles. The van der Waals surface area contributed by atoms with Gasteiger partial charge in [0.1, 0.15) is 5.75 Å². The summed E-state index contributed by atoms with van der Waals surface area (Å²) in [7, 11) is 0. The molecule has 0 aliphatic carbocycles. The van der Waals surface area contributed by atoms with Gasteiger partial charge in [0.25, 0.3) is 5.91 Å². The first-order chi connectivity index (χ1) is 11.8. The van der Waals surface area contributed by atoms with E-state index in [2.05, 4.69) is 57.3 Å². The molecule has 0 aliphatic heterocycles. The highest BCUT2D eigenvalue weighted by Gasteiger charge is 2.15. The summed E-state index contributed by atoms with van der Waals surface area (Å²) >= 11 is 0. The number of amides is 1. The van der Waals surface area contributed by atoms with Crippen LogP contribution in [0.2, 0.25) is 0 Å². The minimum absolute atomic E-state index is 0.0237. The Morgan fingerprint density at radius 2 is 1.64 bits per heavy atom. The summed E-state index contributed by atoms with van der Waals surface area (Å²) in [6.45, 7) is 10.7. The fourth-order valence-electron chi connectivity index (χ4n) is 2.61. The third-order valence-corrected chi connectivity index (χ3v) is 4.36. The van der Waals surface area contributed by atoms with E-state index in [0.717, 1.165) is 17.7 Å². The number of carbonyl (C=O) groups is 1. The van der Waals surface area contributed by atoms with Gasteiger partial charge < -0.3 is 10.1 Å². The summed E-state index contributed by atoms with van der Waals surface area (Å²) in [6.07, 6.45) is 0.992. The fraction of sp³-hybridized carbons (Fsp3) is 0.409. The van der Waals surface area contributed by atoms with Gasteiger partial charge in [0.2, 0.25) is 0 Å². The van der Waals surface area contributed by atoms with Crippen LogP contribution in [0.15, 0.2) is 48.5 Å². The van der Waals surface area contributed by atoms with Gasteiger partial charge in [-0.05, 0) is 47.6 Å². The lowest BCUT2D eigenvalue weighted by atomic mass is 9.86. The molecule has 0 aromatic heterocycles. The lowest BCUT2D eigenvalue weighted by molar-refractivity contribution is -0.123. The summed E-state index contributed by atoms with van der Waals surface area (Å²) in [5.74, 6) is 0.599. The molecule has 0 heterocycles. The molecule has 2 rings (SSSR count). The average molecular weight is 339 g/mol. The number of ether oxygens (including phenoxy) is 1. The van der Waals surface area contributed by atoms with Crippen molar-refractivity contribution in [1.29, 1.82) is 0 Å². The molecule has 0 fully saturated rings. The van der Waals surface area contributed by atoms with Gasteiger partial charge in [0.05, 0.1) is 6.04 Å². The van der Waals surface area contributed by atoms with Gasteiger partial charge >= 0.3 is 0 Å². The molecule has 0 unspecified atom stereocenters. The van der Waals surface area contributed by atoms with Crippen molar-refractivity contribution in [3.63, 3.8) is 0 Å². The monoisotopic (exact) mass is 339 g/mol. The van der Waals surface area contributed by atoms with Crippen LogP contribution in [0.3, 0.4) is 0 Å². The van der Waals surface area contributed by atoms with Crippen molar-refractivity contribution in [2.45, 2.75) is 52.5 Å². The van der Waals surface area contributed by atoms with Crippen LogP contribution in [0, 0.1) is 0 Å². The number of carbonyl (C=O) groups excluding carboxylic acids is 1. The standard InChI is InChI=1S/C22H29NO2/c1-6-17-7-13-20(14-8-17)25-15-21(24)23-16(2)18-9-11-19(12-10-18)22(3,4)5/h7-14,16H,6,15H2,1-5H3,(H,23,24)/t16-/m1/s1. The number of nitrogens with one attached hydrogen (secondary N) is 1. The zero-order chi connectivity index (χ0) is 18.4. The molecule has 1 amide bonds. The maximum atomic E-state index is 12.1. The highest BCUT2D eigenvalue weighted by molar-refractivity contribution is 5.78. The Kier molecular flexibility index (Phi) is 6.24. The van der Waals surface area contributed by atoms with Crippen LogP contribution in [0.1, 0.15) is 57.4 Å². The van der Waals surface area contributed by atoms with Crippen LogP contribution in [-0.2, 0) is 16.6 Å². The van der Waals surface area contributed by atoms with Crippen molar-refractivity contribution in [1.82, 2.24) is 5.32 Å². The number of hydrogen-bond acceptors (Lipinski definition) is 2. The van der Waals surface area contributed by atoms with Gasteiger partial charge in [0.15, 0.2) is 6.61 Å². The van der Waals surface area contributed by atoms with E-state index in [9.17, 15) is 4.79 Å².